The van der Waals surface area contributed by atoms with E-state index in [2.05, 4.69) is 13.8 Å². The highest BCUT2D eigenvalue weighted by atomic mass is 16.3. The Bertz CT molecular complexity index is 573. The first-order chi connectivity index (χ1) is 10.8. The van der Waals surface area contributed by atoms with E-state index in [0.717, 1.165) is 25.7 Å². The molecule has 3 saturated carbocycles. The molecular formula is C19H29NO3. The summed E-state index contributed by atoms with van der Waals surface area (Å²) in [6.45, 7) is 4.47. The summed E-state index contributed by atoms with van der Waals surface area (Å²) in [5, 5.41) is 20.9. The molecule has 3 fully saturated rings. The Balaban J connectivity index is 1.74. The molecule has 4 aliphatic rings. The van der Waals surface area contributed by atoms with Crippen LogP contribution in [0, 0.1) is 28.6 Å². The number of ketones is 1. The van der Waals surface area contributed by atoms with Crippen LogP contribution in [0.5, 0.6) is 0 Å². The van der Waals surface area contributed by atoms with Gasteiger partial charge in [-0.2, -0.15) is 0 Å². The van der Waals surface area contributed by atoms with Crippen molar-refractivity contribution in [1.82, 2.24) is 0 Å². The number of aliphatic hydroxyl groups is 2. The molecule has 0 spiro atoms. The molecule has 0 aromatic carbocycles. The van der Waals surface area contributed by atoms with E-state index in [4.69, 9.17) is 5.73 Å². The lowest BCUT2D eigenvalue weighted by atomic mass is 9.46. The maximum Gasteiger partial charge on any atom is 0.150 e. The van der Waals surface area contributed by atoms with E-state index in [0.29, 0.717) is 18.8 Å². The third kappa shape index (κ3) is 1.98. The van der Waals surface area contributed by atoms with Crippen LogP contribution in [0.4, 0.5) is 0 Å². The van der Waals surface area contributed by atoms with Gasteiger partial charge in [-0.15, -0.1) is 0 Å². The van der Waals surface area contributed by atoms with Crippen molar-refractivity contribution in [3.63, 3.8) is 0 Å². The number of fused-ring (bicyclic) bond motifs is 5. The molecule has 4 aliphatic carbocycles. The van der Waals surface area contributed by atoms with Crippen LogP contribution in [0.3, 0.4) is 0 Å². The van der Waals surface area contributed by atoms with Crippen LogP contribution in [-0.4, -0.2) is 34.2 Å². The number of carbonyl (C=O) groups is 1. The summed E-state index contributed by atoms with van der Waals surface area (Å²) in [6, 6.07) is -0.362. The maximum absolute atomic E-state index is 12.3. The summed E-state index contributed by atoms with van der Waals surface area (Å²) >= 11 is 0. The van der Waals surface area contributed by atoms with Crippen LogP contribution in [0.1, 0.15) is 52.4 Å². The minimum Gasteiger partial charge on any atom is -0.392 e. The molecule has 0 aliphatic heterocycles. The highest BCUT2D eigenvalue weighted by Gasteiger charge is 2.62. The summed E-state index contributed by atoms with van der Waals surface area (Å²) < 4.78 is 0. The molecule has 4 nitrogen and oxygen atoms in total. The number of carbonyl (C=O) groups excluding carboxylic acids is 1. The monoisotopic (exact) mass is 319 g/mol. The number of Topliss-reactive ketones (excluding diaryl/α,β-unsaturated/α-hetero) is 1. The predicted molar refractivity (Wildman–Crippen MR) is 87.5 cm³/mol. The zero-order valence-electron chi connectivity index (χ0n) is 14.2. The summed E-state index contributed by atoms with van der Waals surface area (Å²) in [5.74, 6) is 0.963. The van der Waals surface area contributed by atoms with Crippen molar-refractivity contribution in [3.05, 3.63) is 11.6 Å². The predicted octanol–water partition coefficient (Wildman–Crippen LogP) is 1.79. The second-order valence-electron chi connectivity index (χ2n) is 8.97. The average Bonchev–Trinajstić information content (AvgIpc) is 2.73. The van der Waals surface area contributed by atoms with Crippen LogP contribution in [0.2, 0.25) is 0 Å². The van der Waals surface area contributed by atoms with E-state index in [1.54, 1.807) is 0 Å². The highest BCUT2D eigenvalue weighted by molar-refractivity contribution is 5.87. The van der Waals surface area contributed by atoms with Gasteiger partial charge in [0.1, 0.15) is 5.78 Å². The van der Waals surface area contributed by atoms with Crippen LogP contribution < -0.4 is 5.73 Å². The molecule has 4 rings (SSSR count). The second kappa shape index (κ2) is 4.90. The normalized spacial score (nSPS) is 55.7. The first-order valence-corrected chi connectivity index (χ1v) is 9.13. The first-order valence-electron chi connectivity index (χ1n) is 9.13. The van der Waals surface area contributed by atoms with E-state index in [1.165, 1.54) is 5.57 Å². The number of rotatable bonds is 0. The van der Waals surface area contributed by atoms with Crippen LogP contribution >= 0.6 is 0 Å². The van der Waals surface area contributed by atoms with Crippen molar-refractivity contribution in [2.24, 2.45) is 34.3 Å². The van der Waals surface area contributed by atoms with Gasteiger partial charge < -0.3 is 15.9 Å². The van der Waals surface area contributed by atoms with Gasteiger partial charge in [0, 0.05) is 6.42 Å². The fourth-order valence-corrected chi connectivity index (χ4v) is 6.51. The van der Waals surface area contributed by atoms with E-state index in [-0.39, 0.29) is 40.6 Å². The zero-order valence-corrected chi connectivity index (χ0v) is 14.2. The fourth-order valence-electron chi connectivity index (χ4n) is 6.51. The molecule has 8 atom stereocenters. The van der Waals surface area contributed by atoms with Crippen molar-refractivity contribution in [2.45, 2.75) is 70.6 Å². The molecule has 128 valence electrons. The molecular weight excluding hydrogens is 290 g/mol. The minimum absolute atomic E-state index is 0.0696. The topological polar surface area (TPSA) is 83.6 Å². The maximum atomic E-state index is 12.3. The highest BCUT2D eigenvalue weighted by Crippen LogP contribution is 2.64. The summed E-state index contributed by atoms with van der Waals surface area (Å²) in [4.78, 5) is 12.3. The molecule has 0 radical (unpaired) electrons. The lowest BCUT2D eigenvalue weighted by molar-refractivity contribution is -0.119. The largest absolute Gasteiger partial charge is 0.392 e. The smallest absolute Gasteiger partial charge is 0.150 e. The molecule has 0 aromatic heterocycles. The summed E-state index contributed by atoms with van der Waals surface area (Å²) in [6.07, 6.45) is 6.19. The van der Waals surface area contributed by atoms with E-state index in [9.17, 15) is 15.0 Å². The van der Waals surface area contributed by atoms with Gasteiger partial charge in [0.15, 0.2) is 0 Å². The molecule has 0 heterocycles. The van der Waals surface area contributed by atoms with E-state index in [1.807, 2.05) is 6.08 Å². The van der Waals surface area contributed by atoms with Gasteiger partial charge in [-0.05, 0) is 60.7 Å². The number of hydrogen-bond donors (Lipinski definition) is 3. The van der Waals surface area contributed by atoms with Gasteiger partial charge in [-0.25, -0.2) is 0 Å². The fraction of sp³-hybridized carbons (Fsp3) is 0.842. The van der Waals surface area contributed by atoms with Crippen molar-refractivity contribution >= 4 is 5.78 Å². The molecule has 0 saturated heterocycles. The Kier molecular flexibility index (Phi) is 3.37. The third-order valence-corrected chi connectivity index (χ3v) is 8.03. The van der Waals surface area contributed by atoms with Crippen molar-refractivity contribution in [1.29, 1.82) is 0 Å². The van der Waals surface area contributed by atoms with Gasteiger partial charge >= 0.3 is 0 Å². The van der Waals surface area contributed by atoms with Crippen molar-refractivity contribution in [2.75, 3.05) is 0 Å². The Morgan fingerprint density at radius 2 is 1.87 bits per heavy atom. The van der Waals surface area contributed by atoms with Gasteiger partial charge in [-0.1, -0.05) is 25.5 Å². The Hall–Kier alpha value is -0.710. The quantitative estimate of drug-likeness (QED) is 0.594. The lowest BCUT2D eigenvalue weighted by Crippen LogP contribution is -2.57. The zero-order chi connectivity index (χ0) is 16.6. The lowest BCUT2D eigenvalue weighted by Gasteiger charge is -2.59. The van der Waals surface area contributed by atoms with E-state index >= 15 is 0 Å². The van der Waals surface area contributed by atoms with Gasteiger partial charge in [0.25, 0.3) is 0 Å². The van der Waals surface area contributed by atoms with Crippen LogP contribution in [0.15, 0.2) is 11.6 Å². The van der Waals surface area contributed by atoms with Crippen LogP contribution in [-0.2, 0) is 4.79 Å². The average molecular weight is 319 g/mol. The Morgan fingerprint density at radius 1 is 1.13 bits per heavy atom. The second-order valence-corrected chi connectivity index (χ2v) is 8.97. The molecule has 4 N–H and O–H groups in total. The van der Waals surface area contributed by atoms with Gasteiger partial charge in [0.05, 0.1) is 18.2 Å². The summed E-state index contributed by atoms with van der Waals surface area (Å²) in [7, 11) is 0. The number of hydrogen-bond acceptors (Lipinski definition) is 4. The van der Waals surface area contributed by atoms with Gasteiger partial charge in [-0.3, -0.25) is 4.79 Å². The van der Waals surface area contributed by atoms with Crippen LogP contribution in [0.25, 0.3) is 0 Å². The first kappa shape index (κ1) is 15.8. The minimum atomic E-state index is -0.410. The molecule has 3 unspecified atom stereocenters. The number of aliphatic hydroxyl groups excluding tert-OH is 2. The van der Waals surface area contributed by atoms with Crippen molar-refractivity contribution in [3.8, 4) is 0 Å². The standard InChI is InChI=1S/C19H29NO3/c1-18-5-3-11(21)7-10(18)8-14(22)16-12(18)4-6-19(2)13(16)9-15(23)17(19)20/h7,11-14,16-17,21-22H,3-6,8-9,20H2,1-2H3/t11?,12-,13+,14?,16-,17?,18+,19+/m1/s1. The Morgan fingerprint density at radius 3 is 2.61 bits per heavy atom. The molecule has 0 amide bonds. The van der Waals surface area contributed by atoms with Crippen molar-refractivity contribution < 1.29 is 15.0 Å². The molecule has 23 heavy (non-hydrogen) atoms. The summed E-state index contributed by atoms with van der Waals surface area (Å²) in [5.41, 5.74) is 7.40. The number of nitrogens with two attached hydrogens (primary N) is 1. The SMILES string of the molecule is C[C@]12CCC(O)C=C1CC(O)[C@@H]1[C@H]2CC[C@]2(C)C(N)C(=O)C[C@@H]12. The molecule has 0 bridgehead atoms. The van der Waals surface area contributed by atoms with Gasteiger partial charge in [0.2, 0.25) is 0 Å². The molecule has 0 aromatic rings. The third-order valence-electron chi connectivity index (χ3n) is 8.03. The Labute approximate surface area is 138 Å². The van der Waals surface area contributed by atoms with E-state index < -0.39 is 6.10 Å². The molecule has 4 heteroatoms.